The maximum Gasteiger partial charge on any atom is 0.523 e. The molecular weight excluding hydrogens is 283 g/mol. The molecule has 0 saturated carbocycles. The van der Waals surface area contributed by atoms with E-state index in [1.165, 1.54) is 0 Å². The third kappa shape index (κ3) is 3.16. The predicted molar refractivity (Wildman–Crippen MR) is 50.8 cm³/mol. The van der Waals surface area contributed by atoms with E-state index in [4.69, 9.17) is 0 Å². The fraction of sp³-hybridized carbons (Fsp3) is 0.333. The first-order valence-electron chi connectivity index (χ1n) is 4.49. The van der Waals surface area contributed by atoms with E-state index in [1.807, 2.05) is 0 Å². The SMILES string of the molecule is CC(OS(=O)(=O)C(F)(F)F)c1ccc(F)c(F)c1. The summed E-state index contributed by atoms with van der Waals surface area (Å²) < 4.78 is 86.6. The van der Waals surface area contributed by atoms with Crippen LogP contribution in [0.1, 0.15) is 18.6 Å². The number of rotatable bonds is 3. The fourth-order valence-corrected chi connectivity index (χ4v) is 1.67. The number of benzene rings is 1. The average Bonchev–Trinajstić information content (AvgIpc) is 2.19. The van der Waals surface area contributed by atoms with E-state index >= 15 is 0 Å². The molecule has 18 heavy (non-hydrogen) atoms. The highest BCUT2D eigenvalue weighted by Gasteiger charge is 2.48. The first-order valence-corrected chi connectivity index (χ1v) is 5.90. The van der Waals surface area contributed by atoms with Crippen molar-refractivity contribution in [3.8, 4) is 0 Å². The van der Waals surface area contributed by atoms with Crippen LogP contribution in [0.3, 0.4) is 0 Å². The molecule has 102 valence electrons. The second-order valence-corrected chi connectivity index (χ2v) is 4.88. The summed E-state index contributed by atoms with van der Waals surface area (Å²) >= 11 is 0. The molecule has 0 amide bonds. The quantitative estimate of drug-likeness (QED) is 0.488. The van der Waals surface area contributed by atoms with Gasteiger partial charge in [-0.1, -0.05) is 6.07 Å². The van der Waals surface area contributed by atoms with Crippen molar-refractivity contribution in [1.82, 2.24) is 0 Å². The van der Waals surface area contributed by atoms with Crippen LogP contribution in [0.25, 0.3) is 0 Å². The van der Waals surface area contributed by atoms with Gasteiger partial charge in [0.15, 0.2) is 11.6 Å². The number of hydrogen-bond acceptors (Lipinski definition) is 3. The zero-order valence-electron chi connectivity index (χ0n) is 8.83. The largest absolute Gasteiger partial charge is 0.523 e. The van der Waals surface area contributed by atoms with Crippen LogP contribution in [-0.4, -0.2) is 13.9 Å². The summed E-state index contributed by atoms with van der Waals surface area (Å²) in [5, 5.41) is 0. The van der Waals surface area contributed by atoms with Gasteiger partial charge in [0.25, 0.3) is 0 Å². The highest BCUT2D eigenvalue weighted by molar-refractivity contribution is 7.87. The molecule has 0 aliphatic heterocycles. The molecule has 0 saturated heterocycles. The Bertz CT molecular complexity index is 538. The fourth-order valence-electron chi connectivity index (χ4n) is 1.07. The van der Waals surface area contributed by atoms with Crippen LogP contribution < -0.4 is 0 Å². The molecule has 3 nitrogen and oxygen atoms in total. The van der Waals surface area contributed by atoms with E-state index in [2.05, 4.69) is 4.18 Å². The molecule has 0 bridgehead atoms. The topological polar surface area (TPSA) is 43.4 Å². The van der Waals surface area contributed by atoms with E-state index in [9.17, 15) is 30.4 Å². The molecule has 0 N–H and O–H groups in total. The van der Waals surface area contributed by atoms with Gasteiger partial charge in [0.05, 0.1) is 6.10 Å². The van der Waals surface area contributed by atoms with Gasteiger partial charge < -0.3 is 0 Å². The summed E-state index contributed by atoms with van der Waals surface area (Å²) in [4.78, 5) is 0. The van der Waals surface area contributed by atoms with Crippen molar-refractivity contribution in [3.05, 3.63) is 35.4 Å². The highest BCUT2D eigenvalue weighted by atomic mass is 32.2. The van der Waals surface area contributed by atoms with E-state index in [1.54, 1.807) is 0 Å². The maximum absolute atomic E-state index is 12.8. The molecule has 1 unspecified atom stereocenters. The second-order valence-electron chi connectivity index (χ2n) is 3.31. The van der Waals surface area contributed by atoms with Gasteiger partial charge in [-0.2, -0.15) is 21.6 Å². The molecule has 0 spiro atoms. The van der Waals surface area contributed by atoms with Crippen molar-refractivity contribution >= 4 is 10.1 Å². The first-order chi connectivity index (χ1) is 8.04. The molecule has 0 aliphatic carbocycles. The van der Waals surface area contributed by atoms with Crippen LogP contribution in [-0.2, 0) is 14.3 Å². The van der Waals surface area contributed by atoms with Crippen molar-refractivity contribution < 1.29 is 34.6 Å². The van der Waals surface area contributed by atoms with Crippen LogP contribution in [0.4, 0.5) is 22.0 Å². The Hall–Kier alpha value is -1.22. The van der Waals surface area contributed by atoms with Gasteiger partial charge in [0, 0.05) is 0 Å². The number of alkyl halides is 3. The lowest BCUT2D eigenvalue weighted by molar-refractivity contribution is -0.0569. The summed E-state index contributed by atoms with van der Waals surface area (Å²) in [7, 11) is -5.78. The lowest BCUT2D eigenvalue weighted by atomic mass is 10.1. The Morgan fingerprint density at radius 2 is 1.72 bits per heavy atom. The van der Waals surface area contributed by atoms with Crippen molar-refractivity contribution in [2.45, 2.75) is 18.5 Å². The molecule has 0 heterocycles. The molecule has 0 aromatic heterocycles. The van der Waals surface area contributed by atoms with E-state index in [0.717, 1.165) is 13.0 Å². The minimum atomic E-state index is -5.78. The average molecular weight is 290 g/mol. The Morgan fingerprint density at radius 1 is 1.17 bits per heavy atom. The van der Waals surface area contributed by atoms with Gasteiger partial charge in [0.2, 0.25) is 0 Å². The van der Waals surface area contributed by atoms with Gasteiger partial charge in [-0.15, -0.1) is 0 Å². The smallest absolute Gasteiger partial charge is 0.255 e. The van der Waals surface area contributed by atoms with Gasteiger partial charge in [0.1, 0.15) is 0 Å². The van der Waals surface area contributed by atoms with E-state index in [-0.39, 0.29) is 5.56 Å². The maximum atomic E-state index is 12.8. The summed E-state index contributed by atoms with van der Waals surface area (Å²) in [5.74, 6) is -2.52. The zero-order chi connectivity index (χ0) is 14.1. The van der Waals surface area contributed by atoms with Gasteiger partial charge in [-0.3, -0.25) is 4.18 Å². The van der Waals surface area contributed by atoms with Crippen LogP contribution in [0.15, 0.2) is 18.2 Å². The Kier molecular flexibility index (Phi) is 3.96. The van der Waals surface area contributed by atoms with Crippen molar-refractivity contribution in [2.24, 2.45) is 0 Å². The van der Waals surface area contributed by atoms with Crippen LogP contribution in [0.2, 0.25) is 0 Å². The minimum Gasteiger partial charge on any atom is -0.255 e. The Balaban J connectivity index is 2.96. The van der Waals surface area contributed by atoms with E-state index in [0.29, 0.717) is 12.1 Å². The lowest BCUT2D eigenvalue weighted by Crippen LogP contribution is -2.26. The van der Waals surface area contributed by atoms with Crippen LogP contribution in [0.5, 0.6) is 0 Å². The highest BCUT2D eigenvalue weighted by Crippen LogP contribution is 2.30. The van der Waals surface area contributed by atoms with Crippen LogP contribution >= 0.6 is 0 Å². The summed E-state index contributed by atoms with van der Waals surface area (Å²) in [6.07, 6.45) is -1.59. The van der Waals surface area contributed by atoms with Gasteiger partial charge >= 0.3 is 15.6 Å². The number of halogens is 5. The summed E-state index contributed by atoms with van der Waals surface area (Å²) in [6, 6.07) is 2.14. The minimum absolute atomic E-state index is 0.235. The standard InChI is InChI=1S/C9H7F5O3S/c1-5(17-18(15,16)9(12,13)14)6-2-3-7(10)8(11)4-6/h2-5H,1H3. The lowest BCUT2D eigenvalue weighted by Gasteiger charge is -2.14. The second kappa shape index (κ2) is 4.81. The normalized spacial score (nSPS) is 14.6. The summed E-state index contributed by atoms with van der Waals surface area (Å²) in [6.45, 7) is 0.968. The predicted octanol–water partition coefficient (Wildman–Crippen LogP) is 2.89. The molecular formula is C9H7F5O3S. The molecule has 1 aromatic rings. The molecule has 1 atom stereocenters. The van der Waals surface area contributed by atoms with Crippen LogP contribution in [0, 0.1) is 11.6 Å². The van der Waals surface area contributed by atoms with Crippen molar-refractivity contribution in [1.29, 1.82) is 0 Å². The summed E-state index contributed by atoms with van der Waals surface area (Å²) in [5.41, 5.74) is -5.80. The molecule has 0 aliphatic rings. The van der Waals surface area contributed by atoms with Gasteiger partial charge in [-0.05, 0) is 24.6 Å². The third-order valence-corrected chi connectivity index (χ3v) is 3.08. The third-order valence-electron chi connectivity index (χ3n) is 1.97. The Labute approximate surface area is 99.3 Å². The molecule has 1 rings (SSSR count). The van der Waals surface area contributed by atoms with Crippen molar-refractivity contribution in [3.63, 3.8) is 0 Å². The number of hydrogen-bond donors (Lipinski definition) is 0. The zero-order valence-corrected chi connectivity index (χ0v) is 9.65. The molecule has 0 radical (unpaired) electrons. The van der Waals surface area contributed by atoms with E-state index < -0.39 is 33.4 Å². The molecule has 9 heteroatoms. The van der Waals surface area contributed by atoms with Crippen molar-refractivity contribution in [2.75, 3.05) is 0 Å². The first kappa shape index (κ1) is 14.8. The molecule has 0 fully saturated rings. The van der Waals surface area contributed by atoms with Gasteiger partial charge in [-0.25, -0.2) is 8.78 Å². The monoisotopic (exact) mass is 290 g/mol. The molecule has 1 aromatic carbocycles. The Morgan fingerprint density at radius 3 is 2.17 bits per heavy atom.